The Morgan fingerprint density at radius 2 is 0.831 bits per heavy atom. The molecule has 11 rings (SSSR count). The number of hydrogen-bond acceptors (Lipinski definition) is 4. The van der Waals surface area contributed by atoms with E-state index < -0.39 is 0 Å². The SMILES string of the molecule is c1ccc(-c2cccc(-c3cccc4nc(-c5cccc(-c6cccc(-c7cc(-c8ccccc8)nc(-c8ccccc8)n7)c6)c5)c5oc6ccccc6c5c34)c2)cc1. The molecular weight excluding hydrogens is 719 g/mol. The fourth-order valence-electron chi connectivity index (χ4n) is 8.23. The molecule has 4 nitrogen and oxygen atoms in total. The van der Waals surface area contributed by atoms with Crippen LogP contribution in [0, 0.1) is 0 Å². The summed E-state index contributed by atoms with van der Waals surface area (Å²) in [4.78, 5) is 15.5. The minimum Gasteiger partial charge on any atom is -0.454 e. The van der Waals surface area contributed by atoms with Crippen molar-refractivity contribution in [3.63, 3.8) is 0 Å². The third-order valence-corrected chi connectivity index (χ3v) is 11.1. The zero-order valence-corrected chi connectivity index (χ0v) is 32.0. The minimum atomic E-state index is 0.693. The molecule has 0 aliphatic carbocycles. The third-order valence-electron chi connectivity index (χ3n) is 11.1. The molecule has 0 bridgehead atoms. The summed E-state index contributed by atoms with van der Waals surface area (Å²) >= 11 is 0. The van der Waals surface area contributed by atoms with Crippen molar-refractivity contribution in [2.24, 2.45) is 0 Å². The van der Waals surface area contributed by atoms with Crippen molar-refractivity contribution >= 4 is 32.8 Å². The summed E-state index contributed by atoms with van der Waals surface area (Å²) in [6.07, 6.45) is 0. The largest absolute Gasteiger partial charge is 0.454 e. The van der Waals surface area contributed by atoms with Gasteiger partial charge in [0.2, 0.25) is 0 Å². The lowest BCUT2D eigenvalue weighted by molar-refractivity contribution is 0.669. The Morgan fingerprint density at radius 1 is 0.322 bits per heavy atom. The number of rotatable bonds is 7. The number of para-hydroxylation sites is 1. The molecule has 0 saturated carbocycles. The van der Waals surface area contributed by atoms with E-state index >= 15 is 0 Å². The standard InChI is InChI=1S/C55H35N3O/c1-4-16-36(17-5-1)39-22-12-25-42(32-39)45-29-15-30-47-51(45)52-46-28-10-11-31-50(46)59-54(52)53(56-47)44-27-14-24-41(34-44)40-23-13-26-43(33-40)49-35-48(37-18-6-2-7-19-37)57-55(58-49)38-20-8-3-9-21-38/h1-35H. The van der Waals surface area contributed by atoms with Gasteiger partial charge < -0.3 is 4.42 Å². The van der Waals surface area contributed by atoms with Crippen molar-refractivity contribution in [3.05, 3.63) is 212 Å². The highest BCUT2D eigenvalue weighted by molar-refractivity contribution is 6.24. The maximum atomic E-state index is 6.77. The summed E-state index contributed by atoms with van der Waals surface area (Å²) in [6.45, 7) is 0. The Labute approximate surface area is 341 Å². The summed E-state index contributed by atoms with van der Waals surface area (Å²) in [7, 11) is 0. The van der Waals surface area contributed by atoms with E-state index in [0.717, 1.165) is 94.4 Å². The van der Waals surface area contributed by atoms with Gasteiger partial charge in [-0.3, -0.25) is 0 Å². The lowest BCUT2D eigenvalue weighted by Crippen LogP contribution is -1.96. The fraction of sp³-hybridized carbons (Fsp3) is 0. The second-order valence-corrected chi connectivity index (χ2v) is 14.8. The first-order valence-electron chi connectivity index (χ1n) is 19.8. The van der Waals surface area contributed by atoms with Gasteiger partial charge in [0.1, 0.15) is 11.3 Å². The lowest BCUT2D eigenvalue weighted by atomic mass is 9.93. The molecule has 0 amide bonds. The van der Waals surface area contributed by atoms with Crippen LogP contribution >= 0.6 is 0 Å². The highest BCUT2D eigenvalue weighted by atomic mass is 16.3. The number of pyridine rings is 1. The smallest absolute Gasteiger partial charge is 0.162 e. The van der Waals surface area contributed by atoms with Gasteiger partial charge in [-0.2, -0.15) is 0 Å². The molecule has 11 aromatic rings. The average Bonchev–Trinajstić information content (AvgIpc) is 3.72. The van der Waals surface area contributed by atoms with Crippen molar-refractivity contribution in [3.8, 4) is 78.5 Å². The molecule has 59 heavy (non-hydrogen) atoms. The predicted molar refractivity (Wildman–Crippen MR) is 243 cm³/mol. The summed E-state index contributed by atoms with van der Waals surface area (Å²) in [6, 6.07) is 73.8. The molecule has 276 valence electrons. The maximum Gasteiger partial charge on any atom is 0.162 e. The van der Waals surface area contributed by atoms with E-state index in [1.165, 1.54) is 11.1 Å². The molecule has 0 aliphatic heterocycles. The molecule has 3 aromatic heterocycles. The Balaban J connectivity index is 1.04. The van der Waals surface area contributed by atoms with Gasteiger partial charge in [0, 0.05) is 38.4 Å². The monoisotopic (exact) mass is 753 g/mol. The van der Waals surface area contributed by atoms with Gasteiger partial charge in [-0.25, -0.2) is 15.0 Å². The van der Waals surface area contributed by atoms with E-state index in [9.17, 15) is 0 Å². The highest BCUT2D eigenvalue weighted by Crippen LogP contribution is 2.44. The van der Waals surface area contributed by atoms with Crippen molar-refractivity contribution in [1.82, 2.24) is 15.0 Å². The molecule has 0 saturated heterocycles. The number of aromatic nitrogens is 3. The van der Waals surface area contributed by atoms with Crippen LogP contribution in [0.2, 0.25) is 0 Å². The second-order valence-electron chi connectivity index (χ2n) is 14.8. The van der Waals surface area contributed by atoms with Gasteiger partial charge >= 0.3 is 0 Å². The van der Waals surface area contributed by atoms with E-state index in [1.54, 1.807) is 0 Å². The van der Waals surface area contributed by atoms with Crippen LogP contribution in [0.15, 0.2) is 217 Å². The fourth-order valence-corrected chi connectivity index (χ4v) is 8.23. The zero-order valence-electron chi connectivity index (χ0n) is 32.0. The Morgan fingerprint density at radius 3 is 1.56 bits per heavy atom. The predicted octanol–water partition coefficient (Wildman–Crippen LogP) is 14.6. The molecule has 3 heterocycles. The van der Waals surface area contributed by atoms with Crippen LogP contribution in [-0.4, -0.2) is 15.0 Å². The van der Waals surface area contributed by atoms with E-state index in [-0.39, 0.29) is 0 Å². The van der Waals surface area contributed by atoms with E-state index in [2.05, 4.69) is 164 Å². The van der Waals surface area contributed by atoms with Crippen molar-refractivity contribution in [2.75, 3.05) is 0 Å². The van der Waals surface area contributed by atoms with Gasteiger partial charge in [-0.05, 0) is 69.8 Å². The number of nitrogens with zero attached hydrogens (tertiary/aromatic N) is 3. The van der Waals surface area contributed by atoms with Crippen LogP contribution < -0.4 is 0 Å². The van der Waals surface area contributed by atoms with Crippen LogP contribution in [0.1, 0.15) is 0 Å². The Hall–Kier alpha value is -7.95. The summed E-state index contributed by atoms with van der Waals surface area (Å²) < 4.78 is 6.77. The topological polar surface area (TPSA) is 51.8 Å². The first-order valence-corrected chi connectivity index (χ1v) is 19.8. The van der Waals surface area contributed by atoms with Gasteiger partial charge in [-0.15, -0.1) is 0 Å². The molecule has 0 fully saturated rings. The van der Waals surface area contributed by atoms with E-state index in [0.29, 0.717) is 5.82 Å². The third kappa shape index (κ3) is 6.34. The molecule has 0 aliphatic rings. The quantitative estimate of drug-likeness (QED) is 0.163. The van der Waals surface area contributed by atoms with Crippen LogP contribution in [-0.2, 0) is 0 Å². The number of furan rings is 1. The maximum absolute atomic E-state index is 6.77. The number of hydrogen-bond donors (Lipinski definition) is 0. The number of fused-ring (bicyclic) bond motifs is 5. The normalized spacial score (nSPS) is 11.4. The molecule has 0 unspecified atom stereocenters. The van der Waals surface area contributed by atoms with Crippen molar-refractivity contribution in [1.29, 1.82) is 0 Å². The molecular formula is C55H35N3O. The number of benzene rings is 8. The van der Waals surface area contributed by atoms with E-state index in [1.807, 2.05) is 48.5 Å². The van der Waals surface area contributed by atoms with Gasteiger partial charge in [0.05, 0.1) is 16.9 Å². The first-order chi connectivity index (χ1) is 29.2. The summed E-state index contributed by atoms with van der Waals surface area (Å²) in [5.41, 5.74) is 15.9. The Kier molecular flexibility index (Phi) is 8.45. The minimum absolute atomic E-state index is 0.693. The second kappa shape index (κ2) is 14.5. The van der Waals surface area contributed by atoms with Crippen LogP contribution in [0.3, 0.4) is 0 Å². The molecule has 0 N–H and O–H groups in total. The van der Waals surface area contributed by atoms with Gasteiger partial charge in [0.15, 0.2) is 11.4 Å². The average molecular weight is 754 g/mol. The first kappa shape index (κ1) is 34.3. The summed E-state index contributed by atoms with van der Waals surface area (Å²) in [5.74, 6) is 0.693. The van der Waals surface area contributed by atoms with Gasteiger partial charge in [-0.1, -0.05) is 176 Å². The highest BCUT2D eigenvalue weighted by Gasteiger charge is 2.21. The zero-order chi connectivity index (χ0) is 39.1. The summed E-state index contributed by atoms with van der Waals surface area (Å²) in [5, 5.41) is 3.22. The lowest BCUT2D eigenvalue weighted by Gasteiger charge is -2.13. The van der Waals surface area contributed by atoms with Gasteiger partial charge in [0.25, 0.3) is 0 Å². The molecule has 8 aromatic carbocycles. The molecule has 0 atom stereocenters. The molecule has 0 spiro atoms. The molecule has 0 radical (unpaired) electrons. The van der Waals surface area contributed by atoms with Crippen LogP contribution in [0.25, 0.3) is 111 Å². The van der Waals surface area contributed by atoms with Crippen LogP contribution in [0.5, 0.6) is 0 Å². The van der Waals surface area contributed by atoms with Crippen molar-refractivity contribution < 1.29 is 4.42 Å². The van der Waals surface area contributed by atoms with Crippen LogP contribution in [0.4, 0.5) is 0 Å². The molecule has 4 heteroatoms. The Bertz CT molecular complexity index is 3260. The van der Waals surface area contributed by atoms with Crippen molar-refractivity contribution in [2.45, 2.75) is 0 Å². The van der Waals surface area contributed by atoms with E-state index in [4.69, 9.17) is 19.4 Å².